The average Bonchev–Trinajstić information content (AvgIpc) is 2.82. The lowest BCUT2D eigenvalue weighted by Crippen LogP contribution is -2.23. The molecule has 2 rings (SSSR count). The molecule has 0 aliphatic carbocycles. The van der Waals surface area contributed by atoms with Crippen molar-refractivity contribution in [2.75, 3.05) is 0 Å². The van der Waals surface area contributed by atoms with Crippen LogP contribution in [0.25, 0.3) is 0 Å². The number of hydrogen-bond acceptors (Lipinski definition) is 5. The molecule has 0 amide bonds. The molecule has 1 aromatic carbocycles. The minimum absolute atomic E-state index is 0.0337. The van der Waals surface area contributed by atoms with Gasteiger partial charge in [-0.15, -0.1) is 0 Å². The molecule has 0 radical (unpaired) electrons. The summed E-state index contributed by atoms with van der Waals surface area (Å²) in [7, 11) is -3.82. The van der Waals surface area contributed by atoms with Crippen LogP contribution in [0.5, 0.6) is 0 Å². The maximum atomic E-state index is 12.1. The van der Waals surface area contributed by atoms with Gasteiger partial charge in [-0.1, -0.05) is 5.16 Å². The Morgan fingerprint density at radius 2 is 2.14 bits per heavy atom. The highest BCUT2D eigenvalue weighted by Gasteiger charge is 2.18. The zero-order valence-corrected chi connectivity index (χ0v) is 13.8. The van der Waals surface area contributed by atoms with Crippen LogP contribution >= 0.6 is 22.6 Å². The molecule has 112 valence electrons. The number of benzene rings is 1. The van der Waals surface area contributed by atoms with E-state index in [-0.39, 0.29) is 17.0 Å². The van der Waals surface area contributed by atoms with Crippen LogP contribution < -0.4 is 4.72 Å². The standard InChI is InChI=1S/C12H11IN2O5S/c1-7-4-8(15-20-7)6-14-21(18,19)9-2-3-11(13)10(5-9)12(16)17/h2-5,14H,6H2,1H3,(H,16,17). The largest absolute Gasteiger partial charge is 0.478 e. The molecular formula is C12H11IN2O5S. The van der Waals surface area contributed by atoms with Crippen LogP contribution in [-0.4, -0.2) is 24.7 Å². The van der Waals surface area contributed by atoms with Gasteiger partial charge in [0.1, 0.15) is 5.76 Å². The number of carbonyl (C=O) groups is 1. The fourth-order valence-corrected chi connectivity index (χ4v) is 3.18. The summed E-state index contributed by atoms with van der Waals surface area (Å²) in [4.78, 5) is 10.9. The summed E-state index contributed by atoms with van der Waals surface area (Å²) in [6.07, 6.45) is 0. The maximum absolute atomic E-state index is 12.1. The van der Waals surface area contributed by atoms with E-state index in [4.69, 9.17) is 9.63 Å². The van der Waals surface area contributed by atoms with Crippen molar-refractivity contribution in [1.82, 2.24) is 9.88 Å². The summed E-state index contributed by atoms with van der Waals surface area (Å²) in [5, 5.41) is 12.7. The van der Waals surface area contributed by atoms with Crippen LogP contribution in [0.1, 0.15) is 21.8 Å². The van der Waals surface area contributed by atoms with E-state index in [2.05, 4.69) is 9.88 Å². The molecule has 0 saturated carbocycles. The van der Waals surface area contributed by atoms with Crippen molar-refractivity contribution in [1.29, 1.82) is 0 Å². The predicted molar refractivity (Wildman–Crippen MR) is 81.4 cm³/mol. The first-order chi connectivity index (χ1) is 9.79. The number of carboxylic acid groups (broad SMARTS) is 1. The van der Waals surface area contributed by atoms with Gasteiger partial charge in [-0.05, 0) is 47.7 Å². The Hall–Kier alpha value is -1.46. The normalized spacial score (nSPS) is 11.5. The Morgan fingerprint density at radius 3 is 2.71 bits per heavy atom. The highest BCUT2D eigenvalue weighted by molar-refractivity contribution is 14.1. The van der Waals surface area contributed by atoms with Crippen molar-refractivity contribution in [3.05, 3.63) is 44.9 Å². The average molecular weight is 422 g/mol. The second-order valence-electron chi connectivity index (χ2n) is 4.20. The quantitative estimate of drug-likeness (QED) is 0.711. The molecule has 2 aromatic rings. The summed E-state index contributed by atoms with van der Waals surface area (Å²) in [5.41, 5.74) is 0.385. The van der Waals surface area contributed by atoms with E-state index in [1.54, 1.807) is 13.0 Å². The third-order valence-electron chi connectivity index (χ3n) is 2.60. The SMILES string of the molecule is Cc1cc(CNS(=O)(=O)c2ccc(I)c(C(=O)O)c2)no1. The Kier molecular flexibility index (Phi) is 4.64. The number of rotatable bonds is 5. The van der Waals surface area contributed by atoms with Gasteiger partial charge in [0, 0.05) is 9.64 Å². The number of halogens is 1. The number of aromatic carboxylic acids is 1. The van der Waals surface area contributed by atoms with Gasteiger partial charge in [-0.3, -0.25) is 0 Å². The smallest absolute Gasteiger partial charge is 0.336 e. The molecule has 7 nitrogen and oxygen atoms in total. The number of aryl methyl sites for hydroxylation is 1. The number of aromatic nitrogens is 1. The third-order valence-corrected chi connectivity index (χ3v) is 4.94. The van der Waals surface area contributed by atoms with Gasteiger partial charge in [-0.2, -0.15) is 0 Å². The van der Waals surface area contributed by atoms with Gasteiger partial charge in [0.25, 0.3) is 0 Å². The van der Waals surface area contributed by atoms with Crippen molar-refractivity contribution in [3.63, 3.8) is 0 Å². The van der Waals surface area contributed by atoms with Gasteiger partial charge in [0.2, 0.25) is 10.0 Å². The molecule has 0 atom stereocenters. The van der Waals surface area contributed by atoms with E-state index in [0.29, 0.717) is 15.0 Å². The topological polar surface area (TPSA) is 110 Å². The number of hydrogen-bond donors (Lipinski definition) is 2. The van der Waals surface area contributed by atoms with Crippen LogP contribution in [0.4, 0.5) is 0 Å². The van der Waals surface area contributed by atoms with E-state index in [1.165, 1.54) is 12.1 Å². The van der Waals surface area contributed by atoms with Crippen LogP contribution in [0.15, 0.2) is 33.7 Å². The monoisotopic (exact) mass is 422 g/mol. The predicted octanol–water partition coefficient (Wildman–Crippen LogP) is 1.76. The fraction of sp³-hybridized carbons (Fsp3) is 0.167. The Balaban J connectivity index is 2.23. The summed E-state index contributed by atoms with van der Waals surface area (Å²) in [6, 6.07) is 5.53. The second kappa shape index (κ2) is 6.12. The van der Waals surface area contributed by atoms with Crippen molar-refractivity contribution in [3.8, 4) is 0 Å². The molecule has 21 heavy (non-hydrogen) atoms. The highest BCUT2D eigenvalue weighted by Crippen LogP contribution is 2.18. The van der Waals surface area contributed by atoms with Gasteiger partial charge >= 0.3 is 5.97 Å². The van der Waals surface area contributed by atoms with Gasteiger partial charge < -0.3 is 9.63 Å². The number of nitrogens with one attached hydrogen (secondary N) is 1. The van der Waals surface area contributed by atoms with Crippen molar-refractivity contribution < 1.29 is 22.8 Å². The molecule has 0 fully saturated rings. The maximum Gasteiger partial charge on any atom is 0.336 e. The first-order valence-electron chi connectivity index (χ1n) is 5.74. The first kappa shape index (κ1) is 15.9. The molecule has 1 heterocycles. The third kappa shape index (κ3) is 3.80. The van der Waals surface area contributed by atoms with Crippen LogP contribution in [0.2, 0.25) is 0 Å². The van der Waals surface area contributed by atoms with Crippen molar-refractivity contribution in [2.45, 2.75) is 18.4 Å². The Labute approximate surface area is 134 Å². The molecule has 0 saturated heterocycles. The number of sulfonamides is 1. The van der Waals surface area contributed by atoms with Crippen molar-refractivity contribution >= 4 is 38.6 Å². The van der Waals surface area contributed by atoms with Crippen LogP contribution in [-0.2, 0) is 16.6 Å². The van der Waals surface area contributed by atoms with Crippen LogP contribution in [0, 0.1) is 10.5 Å². The molecule has 2 N–H and O–H groups in total. The van der Waals surface area contributed by atoms with E-state index >= 15 is 0 Å². The minimum atomic E-state index is -3.82. The molecule has 0 aliphatic heterocycles. The molecular weight excluding hydrogens is 411 g/mol. The summed E-state index contributed by atoms with van der Waals surface area (Å²) in [6.45, 7) is 1.66. The number of nitrogens with zero attached hydrogens (tertiary/aromatic N) is 1. The molecule has 0 unspecified atom stereocenters. The van der Waals surface area contributed by atoms with Crippen LogP contribution in [0.3, 0.4) is 0 Å². The van der Waals surface area contributed by atoms with Gasteiger partial charge in [-0.25, -0.2) is 17.9 Å². The zero-order valence-electron chi connectivity index (χ0n) is 10.8. The first-order valence-corrected chi connectivity index (χ1v) is 8.30. The summed E-state index contributed by atoms with van der Waals surface area (Å²) >= 11 is 1.84. The van der Waals surface area contributed by atoms with E-state index in [1.807, 2.05) is 22.6 Å². The molecule has 0 aliphatic rings. The fourth-order valence-electron chi connectivity index (χ4n) is 1.59. The lowest BCUT2D eigenvalue weighted by atomic mass is 10.2. The zero-order chi connectivity index (χ0) is 15.6. The summed E-state index contributed by atoms with van der Waals surface area (Å²) in [5.74, 6) is -0.602. The summed E-state index contributed by atoms with van der Waals surface area (Å²) < 4.78 is 31.9. The molecule has 1 aromatic heterocycles. The minimum Gasteiger partial charge on any atom is -0.478 e. The van der Waals surface area contributed by atoms with E-state index < -0.39 is 16.0 Å². The molecule has 0 bridgehead atoms. The van der Waals surface area contributed by atoms with Gasteiger partial charge in [0.15, 0.2) is 0 Å². The lowest BCUT2D eigenvalue weighted by Gasteiger charge is -2.07. The van der Waals surface area contributed by atoms with E-state index in [9.17, 15) is 13.2 Å². The number of carboxylic acids is 1. The molecule has 9 heteroatoms. The van der Waals surface area contributed by atoms with Crippen molar-refractivity contribution in [2.24, 2.45) is 0 Å². The second-order valence-corrected chi connectivity index (χ2v) is 7.13. The van der Waals surface area contributed by atoms with E-state index in [0.717, 1.165) is 6.07 Å². The van der Waals surface area contributed by atoms with Gasteiger partial charge in [0.05, 0.1) is 22.7 Å². The Bertz CT molecular complexity index is 785. The highest BCUT2D eigenvalue weighted by atomic mass is 127. The Morgan fingerprint density at radius 1 is 1.43 bits per heavy atom. The molecule has 0 spiro atoms. The lowest BCUT2D eigenvalue weighted by molar-refractivity contribution is 0.0695.